The Kier molecular flexibility index (Phi) is 3.65. The second-order valence-electron chi connectivity index (χ2n) is 2.25. The number of nitrogens with zero attached hydrogens (tertiary/aromatic N) is 1. The molecule has 0 amide bonds. The van der Waals surface area contributed by atoms with Crippen molar-refractivity contribution in [2.45, 2.75) is 0 Å². The standard InChI is InChI=1S/C7H4BrClFNO3/c8-5-1-4(10)2-6(11(12)13)7(5)14-3-9/h1-2H,3H2. The lowest BCUT2D eigenvalue weighted by atomic mass is 10.3. The molecule has 1 rings (SSSR count). The summed E-state index contributed by atoms with van der Waals surface area (Å²) in [6.45, 7) is 0. The largest absolute Gasteiger partial charge is 0.470 e. The van der Waals surface area contributed by atoms with Crippen LogP contribution in [0.25, 0.3) is 0 Å². The van der Waals surface area contributed by atoms with Crippen LogP contribution in [0.2, 0.25) is 0 Å². The zero-order chi connectivity index (χ0) is 10.7. The van der Waals surface area contributed by atoms with Crippen molar-refractivity contribution in [3.8, 4) is 5.75 Å². The van der Waals surface area contributed by atoms with E-state index in [0.29, 0.717) is 0 Å². The first-order chi connectivity index (χ1) is 6.56. The highest BCUT2D eigenvalue weighted by Gasteiger charge is 2.20. The van der Waals surface area contributed by atoms with Gasteiger partial charge in [0, 0.05) is 0 Å². The molecule has 0 spiro atoms. The van der Waals surface area contributed by atoms with E-state index in [0.717, 1.165) is 12.1 Å². The Morgan fingerprint density at radius 3 is 2.79 bits per heavy atom. The molecule has 4 nitrogen and oxygen atoms in total. The number of halogens is 3. The second-order valence-corrected chi connectivity index (χ2v) is 3.32. The molecule has 0 fully saturated rings. The predicted octanol–water partition coefficient (Wildman–Crippen LogP) is 3.07. The first kappa shape index (κ1) is 11.2. The molecular weight excluding hydrogens is 280 g/mol. The first-order valence-corrected chi connectivity index (χ1v) is 4.71. The third-order valence-corrected chi connectivity index (χ3v) is 2.08. The van der Waals surface area contributed by atoms with Gasteiger partial charge in [-0.2, -0.15) is 0 Å². The summed E-state index contributed by atoms with van der Waals surface area (Å²) in [5.74, 6) is -0.795. The number of hydrogen-bond acceptors (Lipinski definition) is 3. The smallest absolute Gasteiger partial charge is 0.315 e. The molecule has 0 aliphatic carbocycles. The molecule has 7 heteroatoms. The first-order valence-electron chi connectivity index (χ1n) is 3.38. The normalized spacial score (nSPS) is 9.93. The number of ether oxygens (including phenoxy) is 1. The number of nitro benzene ring substituents is 1. The van der Waals surface area contributed by atoms with E-state index in [1.807, 2.05) is 0 Å². The number of hydrogen-bond donors (Lipinski definition) is 0. The number of nitro groups is 1. The lowest BCUT2D eigenvalue weighted by molar-refractivity contribution is -0.386. The Morgan fingerprint density at radius 2 is 2.29 bits per heavy atom. The third kappa shape index (κ3) is 2.33. The lowest BCUT2D eigenvalue weighted by Gasteiger charge is -2.05. The van der Waals surface area contributed by atoms with Crippen LogP contribution in [0.4, 0.5) is 10.1 Å². The lowest BCUT2D eigenvalue weighted by Crippen LogP contribution is -1.98. The van der Waals surface area contributed by atoms with E-state index < -0.39 is 16.4 Å². The van der Waals surface area contributed by atoms with Crippen LogP contribution in [0.5, 0.6) is 5.75 Å². The highest BCUT2D eigenvalue weighted by molar-refractivity contribution is 9.10. The van der Waals surface area contributed by atoms with Crippen LogP contribution in [-0.4, -0.2) is 11.0 Å². The van der Waals surface area contributed by atoms with Gasteiger partial charge in [0.1, 0.15) is 5.82 Å². The molecule has 0 atom stereocenters. The van der Waals surface area contributed by atoms with Crippen LogP contribution in [0.15, 0.2) is 16.6 Å². The molecule has 76 valence electrons. The van der Waals surface area contributed by atoms with Gasteiger partial charge in [-0.3, -0.25) is 10.1 Å². The zero-order valence-corrected chi connectivity index (χ0v) is 9.01. The molecule has 14 heavy (non-hydrogen) atoms. The van der Waals surface area contributed by atoms with Crippen molar-refractivity contribution in [1.82, 2.24) is 0 Å². The summed E-state index contributed by atoms with van der Waals surface area (Å²) in [7, 11) is 0. The molecule has 0 saturated carbocycles. The van der Waals surface area contributed by atoms with Crippen LogP contribution < -0.4 is 4.74 Å². The van der Waals surface area contributed by atoms with Gasteiger partial charge in [-0.1, -0.05) is 11.6 Å². The van der Waals surface area contributed by atoms with Gasteiger partial charge in [-0.25, -0.2) is 4.39 Å². The van der Waals surface area contributed by atoms with Crippen molar-refractivity contribution in [2.24, 2.45) is 0 Å². The molecule has 0 aliphatic rings. The van der Waals surface area contributed by atoms with Gasteiger partial charge in [0.15, 0.2) is 6.07 Å². The number of benzene rings is 1. The van der Waals surface area contributed by atoms with Gasteiger partial charge in [0.05, 0.1) is 15.5 Å². The zero-order valence-electron chi connectivity index (χ0n) is 6.67. The van der Waals surface area contributed by atoms with Crippen LogP contribution >= 0.6 is 27.5 Å². The molecule has 0 heterocycles. The minimum Gasteiger partial charge on any atom is -0.470 e. The van der Waals surface area contributed by atoms with Gasteiger partial charge in [0.2, 0.25) is 5.75 Å². The summed E-state index contributed by atoms with van der Waals surface area (Å²) in [5, 5.41) is 10.5. The summed E-state index contributed by atoms with van der Waals surface area (Å²) in [4.78, 5) is 9.76. The van der Waals surface area contributed by atoms with Crippen molar-refractivity contribution in [3.63, 3.8) is 0 Å². The molecule has 0 saturated heterocycles. The maximum absolute atomic E-state index is 12.8. The highest BCUT2D eigenvalue weighted by Crippen LogP contribution is 2.35. The SMILES string of the molecule is O=[N+]([O-])c1cc(F)cc(Br)c1OCCl. The van der Waals surface area contributed by atoms with Gasteiger partial charge in [-0.05, 0) is 22.0 Å². The fraction of sp³-hybridized carbons (Fsp3) is 0.143. The molecule has 0 bridgehead atoms. The van der Waals surface area contributed by atoms with Crippen LogP contribution in [-0.2, 0) is 0 Å². The van der Waals surface area contributed by atoms with E-state index >= 15 is 0 Å². The molecular formula is C7H4BrClFNO3. The minimum atomic E-state index is -0.740. The average molecular weight is 284 g/mol. The Bertz CT molecular complexity index is 374. The van der Waals surface area contributed by atoms with Crippen molar-refractivity contribution in [2.75, 3.05) is 6.07 Å². The van der Waals surface area contributed by atoms with Crippen LogP contribution in [0, 0.1) is 15.9 Å². The fourth-order valence-electron chi connectivity index (χ4n) is 0.880. The molecule has 1 aromatic carbocycles. The molecule has 0 unspecified atom stereocenters. The maximum Gasteiger partial charge on any atom is 0.315 e. The van der Waals surface area contributed by atoms with Crippen molar-refractivity contribution >= 4 is 33.2 Å². The Balaban J connectivity index is 3.28. The van der Waals surface area contributed by atoms with Gasteiger partial charge in [-0.15, -0.1) is 0 Å². The van der Waals surface area contributed by atoms with E-state index in [9.17, 15) is 14.5 Å². The molecule has 1 aromatic rings. The summed E-state index contributed by atoms with van der Waals surface area (Å²) in [6, 6.07) is 1.59. The molecule has 0 aromatic heterocycles. The van der Waals surface area contributed by atoms with Gasteiger partial charge in [0.25, 0.3) is 0 Å². The topological polar surface area (TPSA) is 52.4 Å². The summed E-state index contributed by atoms with van der Waals surface area (Å²) < 4.78 is 17.7. The number of rotatable bonds is 3. The monoisotopic (exact) mass is 283 g/mol. The van der Waals surface area contributed by atoms with E-state index in [1.54, 1.807) is 0 Å². The quantitative estimate of drug-likeness (QED) is 0.487. The third-order valence-electron chi connectivity index (χ3n) is 1.38. The molecule has 0 N–H and O–H groups in total. The average Bonchev–Trinajstić information content (AvgIpc) is 2.09. The van der Waals surface area contributed by atoms with Crippen molar-refractivity contribution in [3.05, 3.63) is 32.5 Å². The number of alkyl halides is 1. The second kappa shape index (κ2) is 4.56. The minimum absolute atomic E-state index is 0.0774. The summed E-state index contributed by atoms with van der Waals surface area (Å²) in [5.41, 5.74) is -0.461. The Morgan fingerprint density at radius 1 is 1.64 bits per heavy atom. The van der Waals surface area contributed by atoms with E-state index in [-0.39, 0.29) is 16.3 Å². The molecule has 0 aliphatic heterocycles. The van der Waals surface area contributed by atoms with Crippen LogP contribution in [0.3, 0.4) is 0 Å². The van der Waals surface area contributed by atoms with E-state index in [2.05, 4.69) is 15.9 Å². The van der Waals surface area contributed by atoms with Gasteiger partial charge >= 0.3 is 5.69 Å². The predicted molar refractivity (Wildman–Crippen MR) is 52.1 cm³/mol. The van der Waals surface area contributed by atoms with Crippen molar-refractivity contribution < 1.29 is 14.1 Å². The molecule has 0 radical (unpaired) electrons. The fourth-order valence-corrected chi connectivity index (χ4v) is 1.53. The van der Waals surface area contributed by atoms with Crippen LogP contribution in [0.1, 0.15) is 0 Å². The summed E-state index contributed by atoms with van der Waals surface area (Å²) >= 11 is 8.20. The highest BCUT2D eigenvalue weighted by atomic mass is 79.9. The Hall–Kier alpha value is -0.880. The Labute approximate surface area is 91.9 Å². The van der Waals surface area contributed by atoms with Crippen molar-refractivity contribution in [1.29, 1.82) is 0 Å². The van der Waals surface area contributed by atoms with E-state index in [4.69, 9.17) is 16.3 Å². The van der Waals surface area contributed by atoms with Gasteiger partial charge < -0.3 is 4.74 Å². The van der Waals surface area contributed by atoms with E-state index in [1.165, 1.54) is 0 Å². The summed E-state index contributed by atoms with van der Waals surface area (Å²) in [6.07, 6.45) is 0. The maximum atomic E-state index is 12.8.